The van der Waals surface area contributed by atoms with E-state index in [-0.39, 0.29) is 0 Å². The molecule has 0 atom stereocenters. The molecule has 1 nitrogen and oxygen atoms in total. The van der Waals surface area contributed by atoms with Gasteiger partial charge < -0.3 is 4.90 Å². The second kappa shape index (κ2) is 4.74. The second-order valence-corrected chi connectivity index (χ2v) is 11.5. The first-order chi connectivity index (χ1) is 9.82. The number of nitrogens with zero attached hydrogens (tertiary/aromatic N) is 1. The van der Waals surface area contributed by atoms with Gasteiger partial charge in [0.15, 0.2) is 0 Å². The zero-order valence-electron chi connectivity index (χ0n) is 14.0. The third-order valence-electron chi connectivity index (χ3n) is 4.69. The normalized spacial score (nSPS) is 15.9. The zero-order chi connectivity index (χ0) is 15.4. The van der Waals surface area contributed by atoms with E-state index >= 15 is 0 Å². The Morgan fingerprint density at radius 2 is 1.24 bits per heavy atom. The van der Waals surface area contributed by atoms with Crippen molar-refractivity contribution in [1.29, 1.82) is 0 Å². The summed E-state index contributed by atoms with van der Waals surface area (Å²) in [6.45, 7) is 14.0. The van der Waals surface area contributed by atoms with E-state index in [1.807, 2.05) is 0 Å². The maximum atomic E-state index is 2.52. The minimum absolute atomic E-state index is 0.470. The van der Waals surface area contributed by atoms with Crippen LogP contribution in [0, 0.1) is 13.8 Å². The second-order valence-electron chi connectivity index (χ2n) is 7.13. The number of hydrogen-bond donors (Lipinski definition) is 0. The molecule has 2 aromatic rings. The van der Waals surface area contributed by atoms with Gasteiger partial charge in [-0.3, -0.25) is 0 Å². The molecule has 110 valence electrons. The SMILES string of the molecule is Cc1ccc2c(c1)[Si](C)(C)c1cc(C)ccc1N2C(C)C. The third kappa shape index (κ3) is 2.13. The fraction of sp³-hybridized carbons (Fsp3) is 0.368. The molecule has 0 N–H and O–H groups in total. The van der Waals surface area contributed by atoms with Crippen LogP contribution in [0.5, 0.6) is 0 Å². The summed E-state index contributed by atoms with van der Waals surface area (Å²) in [6, 6.07) is 14.4. The predicted molar refractivity (Wildman–Crippen MR) is 96.4 cm³/mol. The van der Waals surface area contributed by atoms with Gasteiger partial charge in [0.25, 0.3) is 0 Å². The van der Waals surface area contributed by atoms with Gasteiger partial charge in [0.05, 0.1) is 0 Å². The lowest BCUT2D eigenvalue weighted by Crippen LogP contribution is -2.60. The molecule has 2 heteroatoms. The highest BCUT2D eigenvalue weighted by Crippen LogP contribution is 2.33. The van der Waals surface area contributed by atoms with Gasteiger partial charge in [-0.2, -0.15) is 0 Å². The Labute approximate surface area is 129 Å². The van der Waals surface area contributed by atoms with Crippen molar-refractivity contribution in [2.24, 2.45) is 0 Å². The van der Waals surface area contributed by atoms with Crippen LogP contribution < -0.4 is 15.3 Å². The number of aryl methyl sites for hydroxylation is 2. The van der Waals surface area contributed by atoms with Crippen molar-refractivity contribution in [3.63, 3.8) is 0 Å². The summed E-state index contributed by atoms with van der Waals surface area (Å²) < 4.78 is 0. The lowest BCUT2D eigenvalue weighted by Gasteiger charge is -2.43. The van der Waals surface area contributed by atoms with Crippen LogP contribution in [0.4, 0.5) is 11.4 Å². The number of fused-ring (bicyclic) bond motifs is 2. The number of anilines is 2. The fourth-order valence-corrected chi connectivity index (χ4v) is 6.71. The summed E-state index contributed by atoms with van der Waals surface area (Å²) in [5, 5.41) is 3.16. The summed E-state index contributed by atoms with van der Waals surface area (Å²) >= 11 is 0. The van der Waals surface area contributed by atoms with E-state index in [0.29, 0.717) is 6.04 Å². The molecule has 0 saturated heterocycles. The molecule has 0 unspecified atom stereocenters. The fourth-order valence-electron chi connectivity index (χ4n) is 3.55. The van der Waals surface area contributed by atoms with Crippen molar-refractivity contribution in [3.05, 3.63) is 47.5 Å². The van der Waals surface area contributed by atoms with Crippen molar-refractivity contribution in [2.75, 3.05) is 4.90 Å². The molecule has 0 bridgehead atoms. The Morgan fingerprint density at radius 1 is 0.810 bits per heavy atom. The van der Waals surface area contributed by atoms with Gasteiger partial charge in [-0.15, -0.1) is 0 Å². The summed E-state index contributed by atoms with van der Waals surface area (Å²) in [4.78, 5) is 2.52. The molecule has 0 aliphatic carbocycles. The average molecular weight is 296 g/mol. The maximum absolute atomic E-state index is 2.52. The van der Waals surface area contributed by atoms with Crippen LogP contribution in [-0.2, 0) is 0 Å². The van der Waals surface area contributed by atoms with Crippen molar-refractivity contribution < 1.29 is 0 Å². The summed E-state index contributed by atoms with van der Waals surface area (Å²) in [5.41, 5.74) is 5.58. The van der Waals surface area contributed by atoms with E-state index in [0.717, 1.165) is 0 Å². The van der Waals surface area contributed by atoms with Gasteiger partial charge in [0, 0.05) is 17.4 Å². The minimum Gasteiger partial charge on any atom is -0.339 e. The molecule has 0 radical (unpaired) electrons. The predicted octanol–water partition coefficient (Wildman–Crippen LogP) is 3.99. The molecular formula is C19H25NSi. The van der Waals surface area contributed by atoms with Gasteiger partial charge in [0.2, 0.25) is 0 Å². The molecule has 1 heterocycles. The summed E-state index contributed by atoms with van der Waals surface area (Å²) in [5.74, 6) is 0. The molecule has 0 amide bonds. The van der Waals surface area contributed by atoms with Gasteiger partial charge in [0.1, 0.15) is 8.07 Å². The Hall–Kier alpha value is -1.54. The van der Waals surface area contributed by atoms with Crippen molar-refractivity contribution in [2.45, 2.75) is 46.8 Å². The Balaban J connectivity index is 2.35. The lowest BCUT2D eigenvalue weighted by atomic mass is 10.1. The van der Waals surface area contributed by atoms with Crippen molar-refractivity contribution in [1.82, 2.24) is 0 Å². The van der Waals surface area contributed by atoms with E-state index in [2.05, 4.69) is 82.1 Å². The van der Waals surface area contributed by atoms with E-state index in [1.165, 1.54) is 22.5 Å². The van der Waals surface area contributed by atoms with Gasteiger partial charge in [-0.25, -0.2) is 0 Å². The molecule has 1 aliphatic heterocycles. The Morgan fingerprint density at radius 3 is 1.62 bits per heavy atom. The molecule has 0 spiro atoms. The first kappa shape index (κ1) is 14.4. The number of hydrogen-bond acceptors (Lipinski definition) is 1. The van der Waals surface area contributed by atoms with Crippen LogP contribution in [-0.4, -0.2) is 14.1 Å². The van der Waals surface area contributed by atoms with Crippen LogP contribution in [0.1, 0.15) is 25.0 Å². The summed E-state index contributed by atoms with van der Waals surface area (Å²) in [7, 11) is -1.62. The topological polar surface area (TPSA) is 3.24 Å². The highest BCUT2D eigenvalue weighted by molar-refractivity contribution is 7.02. The lowest BCUT2D eigenvalue weighted by molar-refractivity contribution is 0.790. The van der Waals surface area contributed by atoms with Gasteiger partial charge in [-0.05, 0) is 50.2 Å². The average Bonchev–Trinajstić information content (AvgIpc) is 2.40. The van der Waals surface area contributed by atoms with E-state index in [9.17, 15) is 0 Å². The smallest absolute Gasteiger partial charge is 0.117 e. The molecule has 21 heavy (non-hydrogen) atoms. The van der Waals surface area contributed by atoms with E-state index in [4.69, 9.17) is 0 Å². The van der Waals surface area contributed by atoms with E-state index in [1.54, 1.807) is 10.4 Å². The Kier molecular flexibility index (Phi) is 3.25. The molecular weight excluding hydrogens is 270 g/mol. The largest absolute Gasteiger partial charge is 0.339 e. The maximum Gasteiger partial charge on any atom is 0.117 e. The molecule has 0 saturated carbocycles. The molecule has 0 fully saturated rings. The van der Waals surface area contributed by atoms with E-state index < -0.39 is 8.07 Å². The first-order valence-corrected chi connectivity index (χ1v) is 10.8. The molecule has 1 aliphatic rings. The van der Waals surface area contributed by atoms with Crippen LogP contribution in [0.2, 0.25) is 13.1 Å². The van der Waals surface area contributed by atoms with Crippen LogP contribution in [0.25, 0.3) is 0 Å². The highest BCUT2D eigenvalue weighted by atomic mass is 28.3. The van der Waals surface area contributed by atoms with Crippen molar-refractivity contribution in [3.8, 4) is 0 Å². The molecule has 3 rings (SSSR count). The number of rotatable bonds is 1. The first-order valence-electron chi connectivity index (χ1n) is 7.84. The molecule has 2 aromatic carbocycles. The van der Waals surface area contributed by atoms with Gasteiger partial charge in [-0.1, -0.05) is 48.5 Å². The standard InChI is InChI=1S/C19H25NSi/c1-13(2)20-16-9-7-14(3)11-18(16)21(5,6)19-12-15(4)8-10-17(19)20/h7-13H,1-6H3. The third-order valence-corrected chi connectivity index (χ3v) is 8.18. The zero-order valence-corrected chi connectivity index (χ0v) is 15.0. The number of benzene rings is 2. The highest BCUT2D eigenvalue weighted by Gasteiger charge is 2.38. The van der Waals surface area contributed by atoms with Crippen LogP contribution in [0.15, 0.2) is 36.4 Å². The Bertz CT molecular complexity index is 645. The summed E-state index contributed by atoms with van der Waals surface area (Å²) in [6.07, 6.45) is 0. The molecule has 0 aromatic heterocycles. The monoisotopic (exact) mass is 295 g/mol. The van der Waals surface area contributed by atoms with Crippen molar-refractivity contribution >= 4 is 29.8 Å². The van der Waals surface area contributed by atoms with Crippen LogP contribution in [0.3, 0.4) is 0 Å². The minimum atomic E-state index is -1.62. The quantitative estimate of drug-likeness (QED) is 0.719. The van der Waals surface area contributed by atoms with Gasteiger partial charge >= 0.3 is 0 Å². The van der Waals surface area contributed by atoms with Crippen LogP contribution >= 0.6 is 0 Å².